The predicted molar refractivity (Wildman–Crippen MR) is 70.2 cm³/mol. The average Bonchev–Trinajstić information content (AvgIpc) is 2.63. The lowest BCUT2D eigenvalue weighted by molar-refractivity contribution is 0.0696. The summed E-state index contributed by atoms with van der Waals surface area (Å²) in [5, 5.41) is 8.81. The Morgan fingerprint density at radius 3 is 2.69 bits per heavy atom. The first-order valence-electron chi connectivity index (χ1n) is 3.97. The summed E-state index contributed by atoms with van der Waals surface area (Å²) in [6.07, 6.45) is 1.50. The summed E-state index contributed by atoms with van der Waals surface area (Å²) in [7, 11) is 1.48. The number of fused-ring (bicyclic) bond motifs is 1. The minimum Gasteiger partial charge on any atom is -0.494 e. The lowest BCUT2D eigenvalue weighted by Crippen LogP contribution is -1.97. The van der Waals surface area contributed by atoms with E-state index in [1.807, 2.05) is 0 Å². The van der Waals surface area contributed by atoms with Gasteiger partial charge in [-0.25, -0.2) is 9.78 Å². The van der Waals surface area contributed by atoms with Crippen molar-refractivity contribution in [2.75, 3.05) is 7.11 Å². The van der Waals surface area contributed by atoms with Crippen molar-refractivity contribution >= 4 is 51.0 Å². The second-order valence-electron chi connectivity index (χ2n) is 2.78. The second kappa shape index (κ2) is 5.86. The Morgan fingerprint density at radius 1 is 1.44 bits per heavy atom. The molecule has 0 amide bonds. The summed E-state index contributed by atoms with van der Waals surface area (Å²) in [5.74, 6) is -0.527. The Hall–Kier alpha value is -1.08. The Bertz CT molecular complexity index is 498. The van der Waals surface area contributed by atoms with Gasteiger partial charge in [0.05, 0.1) is 24.5 Å². The monoisotopic (exact) mass is 352 g/mol. The molecule has 0 atom stereocenters. The number of hydrogen-bond acceptors (Lipinski definition) is 3. The summed E-state index contributed by atoms with van der Waals surface area (Å²) in [4.78, 5) is 17.6. The number of imidazole rings is 1. The summed E-state index contributed by atoms with van der Waals surface area (Å²) in [5.41, 5.74) is 1.47. The van der Waals surface area contributed by atoms with Crippen molar-refractivity contribution in [3.05, 3.63) is 24.0 Å². The lowest BCUT2D eigenvalue weighted by Gasteiger charge is -2.02. The molecule has 1 aromatic heterocycles. The normalized spacial score (nSPS) is 9.06. The number of carbonyl (C=O) groups is 1. The van der Waals surface area contributed by atoms with E-state index in [9.17, 15) is 4.79 Å². The number of rotatable bonds is 2. The molecule has 0 fully saturated rings. The van der Waals surface area contributed by atoms with E-state index in [0.717, 1.165) is 0 Å². The van der Waals surface area contributed by atoms with Crippen molar-refractivity contribution in [1.29, 1.82) is 0 Å². The molecule has 0 saturated carbocycles. The molecule has 2 N–H and O–H groups in total. The van der Waals surface area contributed by atoms with E-state index in [2.05, 4.69) is 9.97 Å². The van der Waals surface area contributed by atoms with Crippen molar-refractivity contribution in [1.82, 2.24) is 9.97 Å². The minimum atomic E-state index is -0.986. The van der Waals surface area contributed by atoms with Crippen LogP contribution in [-0.4, -0.2) is 28.2 Å². The molecule has 1 aromatic carbocycles. The third-order valence-electron chi connectivity index (χ3n) is 1.96. The maximum atomic E-state index is 10.7. The summed E-state index contributed by atoms with van der Waals surface area (Å²) < 4.78 is 5.03. The summed E-state index contributed by atoms with van der Waals surface area (Å²) in [6.45, 7) is 0. The van der Waals surface area contributed by atoms with Crippen molar-refractivity contribution in [3.8, 4) is 5.75 Å². The van der Waals surface area contributed by atoms with E-state index >= 15 is 0 Å². The molecule has 0 aliphatic rings. The van der Waals surface area contributed by atoms with Gasteiger partial charge in [-0.05, 0) is 12.1 Å². The van der Waals surface area contributed by atoms with Crippen LogP contribution in [0.5, 0.6) is 5.75 Å². The number of ether oxygens (including phenoxy) is 1. The maximum Gasteiger partial charge on any atom is 0.335 e. The number of nitrogens with one attached hydrogen (secondary N) is 1. The fourth-order valence-electron chi connectivity index (χ4n) is 1.30. The highest BCUT2D eigenvalue weighted by molar-refractivity contribution is 8.93. The van der Waals surface area contributed by atoms with Crippen molar-refractivity contribution < 1.29 is 14.6 Å². The van der Waals surface area contributed by atoms with Crippen LogP contribution in [0.4, 0.5) is 0 Å². The minimum absolute atomic E-state index is 0. The number of halogens is 2. The van der Waals surface area contributed by atoms with Gasteiger partial charge in [-0.3, -0.25) is 0 Å². The molecule has 0 aliphatic heterocycles. The van der Waals surface area contributed by atoms with Gasteiger partial charge in [0.15, 0.2) is 0 Å². The summed E-state index contributed by atoms with van der Waals surface area (Å²) in [6, 6.07) is 2.97. The summed E-state index contributed by atoms with van der Waals surface area (Å²) >= 11 is 0. The molecule has 16 heavy (non-hydrogen) atoms. The Morgan fingerprint density at radius 2 is 2.12 bits per heavy atom. The number of aromatic amines is 1. The zero-order chi connectivity index (χ0) is 10.1. The lowest BCUT2D eigenvalue weighted by atomic mass is 10.2. The number of carboxylic acids is 1. The molecule has 0 unspecified atom stereocenters. The SMILES string of the molecule is Br.Br.COc1cc(C(=O)O)cc2[nH]cnc12. The molecule has 5 nitrogen and oxygen atoms in total. The van der Waals surface area contributed by atoms with E-state index in [-0.39, 0.29) is 39.5 Å². The highest BCUT2D eigenvalue weighted by Gasteiger charge is 2.10. The first-order chi connectivity index (χ1) is 6.72. The number of methoxy groups -OCH3 is 1. The molecule has 0 aliphatic carbocycles. The van der Waals surface area contributed by atoms with E-state index in [0.29, 0.717) is 16.8 Å². The molecular weight excluding hydrogens is 344 g/mol. The molecule has 0 radical (unpaired) electrons. The van der Waals surface area contributed by atoms with Gasteiger partial charge in [0.1, 0.15) is 11.3 Å². The van der Waals surface area contributed by atoms with Crippen LogP contribution in [-0.2, 0) is 0 Å². The maximum absolute atomic E-state index is 10.7. The van der Waals surface area contributed by atoms with Gasteiger partial charge in [0.2, 0.25) is 0 Å². The van der Waals surface area contributed by atoms with Gasteiger partial charge in [-0.2, -0.15) is 0 Å². The van der Waals surface area contributed by atoms with Crippen LogP contribution in [0, 0.1) is 0 Å². The van der Waals surface area contributed by atoms with E-state index < -0.39 is 5.97 Å². The number of carboxylic acid groups (broad SMARTS) is 1. The van der Waals surface area contributed by atoms with Crippen LogP contribution in [0.3, 0.4) is 0 Å². The molecule has 0 spiro atoms. The second-order valence-corrected chi connectivity index (χ2v) is 2.78. The van der Waals surface area contributed by atoms with Crippen LogP contribution >= 0.6 is 34.0 Å². The molecule has 0 bridgehead atoms. The average molecular weight is 354 g/mol. The van der Waals surface area contributed by atoms with Gasteiger partial charge in [0, 0.05) is 0 Å². The zero-order valence-electron chi connectivity index (χ0n) is 8.26. The van der Waals surface area contributed by atoms with Gasteiger partial charge in [-0.15, -0.1) is 34.0 Å². The van der Waals surface area contributed by atoms with E-state index in [1.54, 1.807) is 0 Å². The van der Waals surface area contributed by atoms with Crippen LogP contribution < -0.4 is 4.74 Å². The zero-order valence-corrected chi connectivity index (χ0v) is 11.7. The molecule has 2 rings (SSSR count). The van der Waals surface area contributed by atoms with Gasteiger partial charge < -0.3 is 14.8 Å². The van der Waals surface area contributed by atoms with E-state index in [1.165, 1.54) is 25.6 Å². The Kier molecular flexibility index (Phi) is 5.46. The van der Waals surface area contributed by atoms with Gasteiger partial charge >= 0.3 is 5.97 Å². The Balaban J connectivity index is 0.00000112. The highest BCUT2D eigenvalue weighted by Crippen LogP contribution is 2.24. The van der Waals surface area contributed by atoms with E-state index in [4.69, 9.17) is 9.84 Å². The topological polar surface area (TPSA) is 75.2 Å². The fraction of sp³-hybridized carbons (Fsp3) is 0.111. The van der Waals surface area contributed by atoms with Crippen LogP contribution in [0.2, 0.25) is 0 Å². The number of benzene rings is 1. The van der Waals surface area contributed by atoms with Gasteiger partial charge in [0.25, 0.3) is 0 Å². The van der Waals surface area contributed by atoms with Crippen LogP contribution in [0.15, 0.2) is 18.5 Å². The molecule has 1 heterocycles. The third-order valence-corrected chi connectivity index (χ3v) is 1.96. The van der Waals surface area contributed by atoms with Crippen LogP contribution in [0.25, 0.3) is 11.0 Å². The third kappa shape index (κ3) is 2.53. The fourth-order valence-corrected chi connectivity index (χ4v) is 1.30. The van der Waals surface area contributed by atoms with Crippen molar-refractivity contribution in [2.24, 2.45) is 0 Å². The standard InChI is InChI=1S/C9H8N2O3.2BrH/c1-14-7-3-5(9(12)13)2-6-8(7)11-4-10-6;;/h2-4H,1H3,(H,10,11)(H,12,13);2*1H. The largest absolute Gasteiger partial charge is 0.494 e. The van der Waals surface area contributed by atoms with Gasteiger partial charge in [-0.1, -0.05) is 0 Å². The number of H-pyrrole nitrogens is 1. The molecule has 7 heteroatoms. The molecule has 88 valence electrons. The number of aromatic nitrogens is 2. The quantitative estimate of drug-likeness (QED) is 0.869. The number of hydrogen-bond donors (Lipinski definition) is 2. The van der Waals surface area contributed by atoms with Crippen molar-refractivity contribution in [3.63, 3.8) is 0 Å². The molecular formula is C9H10Br2N2O3. The predicted octanol–water partition coefficient (Wildman–Crippen LogP) is 2.43. The molecule has 2 aromatic rings. The van der Waals surface area contributed by atoms with Crippen molar-refractivity contribution in [2.45, 2.75) is 0 Å². The highest BCUT2D eigenvalue weighted by atomic mass is 79.9. The van der Waals surface area contributed by atoms with Crippen LogP contribution in [0.1, 0.15) is 10.4 Å². The Labute approximate surface area is 112 Å². The number of nitrogens with zero attached hydrogens (tertiary/aromatic N) is 1. The smallest absolute Gasteiger partial charge is 0.335 e. The number of aromatic carboxylic acids is 1. The first-order valence-corrected chi connectivity index (χ1v) is 3.97. The molecule has 0 saturated heterocycles. The first kappa shape index (κ1) is 14.9.